The van der Waals surface area contributed by atoms with Gasteiger partial charge in [-0.1, -0.05) is 23.4 Å². The fraction of sp³-hybridized carbons (Fsp3) is 0.500. The number of nitrogens with zero attached hydrogens (tertiary/aromatic N) is 4. The van der Waals surface area contributed by atoms with Gasteiger partial charge in [0.1, 0.15) is 0 Å². The van der Waals surface area contributed by atoms with E-state index in [1.165, 1.54) is 0 Å². The molecule has 2 aliphatic rings. The summed E-state index contributed by atoms with van der Waals surface area (Å²) in [5.74, 6) is -1.16. The molecule has 1 unspecified atom stereocenters. The summed E-state index contributed by atoms with van der Waals surface area (Å²) in [7, 11) is 0. The van der Waals surface area contributed by atoms with Crippen LogP contribution >= 0.6 is 0 Å². The van der Waals surface area contributed by atoms with Gasteiger partial charge in [0.2, 0.25) is 0 Å². The van der Waals surface area contributed by atoms with Crippen LogP contribution in [-0.4, -0.2) is 62.7 Å². The Labute approximate surface area is 163 Å². The maximum absolute atomic E-state index is 13.0. The molecule has 0 spiro atoms. The van der Waals surface area contributed by atoms with E-state index in [-0.39, 0.29) is 17.9 Å². The van der Waals surface area contributed by atoms with Crippen molar-refractivity contribution in [2.75, 3.05) is 19.7 Å². The van der Waals surface area contributed by atoms with Crippen molar-refractivity contribution in [3.05, 3.63) is 41.7 Å². The number of piperidine rings is 1. The van der Waals surface area contributed by atoms with Crippen molar-refractivity contribution < 1.29 is 19.4 Å². The van der Waals surface area contributed by atoms with Gasteiger partial charge in [0.05, 0.1) is 23.4 Å². The topological polar surface area (TPSA) is 97.6 Å². The standard InChI is InChI=1S/C20H24N4O4/c1-13-17(21-22-24(13)15-5-3-2-4-6-15)19(25)23-10-7-14(8-11-23)18-16(20(26)27)9-12-28-18/h2-6,14,16,18H,7-12H2,1H3,(H,26,27)/t16?,18-/m0/s1. The van der Waals surface area contributed by atoms with Gasteiger partial charge in [-0.05, 0) is 44.2 Å². The number of rotatable bonds is 4. The first-order valence-corrected chi connectivity index (χ1v) is 9.67. The molecule has 1 aromatic carbocycles. The Bertz CT molecular complexity index is 858. The molecule has 1 N–H and O–H groups in total. The molecule has 0 aliphatic carbocycles. The average Bonchev–Trinajstić information content (AvgIpc) is 3.35. The Balaban J connectivity index is 1.42. The first kappa shape index (κ1) is 18.6. The zero-order valence-electron chi connectivity index (χ0n) is 15.8. The van der Waals surface area contributed by atoms with E-state index < -0.39 is 11.9 Å². The van der Waals surface area contributed by atoms with Gasteiger partial charge in [-0.25, -0.2) is 4.68 Å². The lowest BCUT2D eigenvalue weighted by atomic mass is 9.84. The highest BCUT2D eigenvalue weighted by Gasteiger charge is 2.41. The van der Waals surface area contributed by atoms with Gasteiger partial charge < -0.3 is 14.7 Å². The summed E-state index contributed by atoms with van der Waals surface area (Å²) in [6.45, 7) is 3.50. The lowest BCUT2D eigenvalue weighted by Crippen LogP contribution is -2.43. The van der Waals surface area contributed by atoms with Crippen molar-refractivity contribution in [2.24, 2.45) is 11.8 Å². The van der Waals surface area contributed by atoms with E-state index in [2.05, 4.69) is 10.3 Å². The van der Waals surface area contributed by atoms with Crippen LogP contribution in [0.4, 0.5) is 0 Å². The zero-order chi connectivity index (χ0) is 19.7. The van der Waals surface area contributed by atoms with Crippen molar-refractivity contribution >= 4 is 11.9 Å². The lowest BCUT2D eigenvalue weighted by Gasteiger charge is -2.35. The molecular formula is C20H24N4O4. The number of benzene rings is 1. The summed E-state index contributed by atoms with van der Waals surface area (Å²) in [6.07, 6.45) is 1.81. The molecule has 148 valence electrons. The highest BCUT2D eigenvalue weighted by atomic mass is 16.5. The van der Waals surface area contributed by atoms with E-state index >= 15 is 0 Å². The molecule has 3 heterocycles. The number of aliphatic carboxylic acids is 1. The van der Waals surface area contributed by atoms with Gasteiger partial charge in [-0.15, -0.1) is 5.10 Å². The third-order valence-corrected chi connectivity index (χ3v) is 5.84. The number of carboxylic acids is 1. The Morgan fingerprint density at radius 2 is 1.86 bits per heavy atom. The summed E-state index contributed by atoms with van der Waals surface area (Å²) in [5.41, 5.74) is 1.94. The van der Waals surface area contributed by atoms with Crippen LogP contribution in [0.3, 0.4) is 0 Å². The minimum atomic E-state index is -0.783. The maximum Gasteiger partial charge on any atom is 0.309 e. The molecule has 28 heavy (non-hydrogen) atoms. The number of carbonyl (C=O) groups is 2. The van der Waals surface area contributed by atoms with Crippen LogP contribution in [0.2, 0.25) is 0 Å². The Hall–Kier alpha value is -2.74. The smallest absolute Gasteiger partial charge is 0.309 e. The van der Waals surface area contributed by atoms with Gasteiger partial charge in [0.25, 0.3) is 5.91 Å². The molecule has 4 rings (SSSR count). The SMILES string of the molecule is Cc1c(C(=O)N2CCC([C@@H]3OCCC3C(=O)O)CC2)nnn1-c1ccccc1. The molecular weight excluding hydrogens is 360 g/mol. The number of para-hydroxylation sites is 1. The van der Waals surface area contributed by atoms with Gasteiger partial charge in [0.15, 0.2) is 5.69 Å². The van der Waals surface area contributed by atoms with E-state index in [1.807, 2.05) is 37.3 Å². The number of amides is 1. The predicted molar refractivity (Wildman–Crippen MR) is 100 cm³/mol. The normalized spacial score (nSPS) is 23.1. The average molecular weight is 384 g/mol. The molecule has 8 nitrogen and oxygen atoms in total. The highest BCUT2D eigenvalue weighted by Crippen LogP contribution is 2.33. The van der Waals surface area contributed by atoms with E-state index in [0.717, 1.165) is 18.5 Å². The third-order valence-electron chi connectivity index (χ3n) is 5.84. The molecule has 2 atom stereocenters. The van der Waals surface area contributed by atoms with Crippen LogP contribution in [-0.2, 0) is 9.53 Å². The number of aromatic nitrogens is 3. The summed E-state index contributed by atoms with van der Waals surface area (Å²) < 4.78 is 7.38. The van der Waals surface area contributed by atoms with Gasteiger partial charge in [0, 0.05) is 19.7 Å². The minimum Gasteiger partial charge on any atom is -0.481 e. The van der Waals surface area contributed by atoms with Crippen molar-refractivity contribution in [2.45, 2.75) is 32.3 Å². The quantitative estimate of drug-likeness (QED) is 0.865. The molecule has 2 saturated heterocycles. The first-order valence-electron chi connectivity index (χ1n) is 9.67. The Morgan fingerprint density at radius 3 is 2.54 bits per heavy atom. The summed E-state index contributed by atoms with van der Waals surface area (Å²) in [6, 6.07) is 9.59. The van der Waals surface area contributed by atoms with E-state index in [9.17, 15) is 14.7 Å². The molecule has 2 aromatic rings. The van der Waals surface area contributed by atoms with Crippen LogP contribution in [0.1, 0.15) is 35.4 Å². The van der Waals surface area contributed by atoms with Crippen LogP contribution in [0.15, 0.2) is 30.3 Å². The number of carbonyl (C=O) groups excluding carboxylic acids is 1. The van der Waals surface area contributed by atoms with E-state index in [0.29, 0.717) is 37.5 Å². The fourth-order valence-electron chi connectivity index (χ4n) is 4.26. The molecule has 2 fully saturated rings. The molecule has 2 aliphatic heterocycles. The summed E-state index contributed by atoms with van der Waals surface area (Å²) in [4.78, 5) is 26.1. The largest absolute Gasteiger partial charge is 0.481 e. The van der Waals surface area contributed by atoms with E-state index in [1.54, 1.807) is 9.58 Å². The summed E-state index contributed by atoms with van der Waals surface area (Å²) in [5, 5.41) is 17.6. The minimum absolute atomic E-state index is 0.125. The van der Waals surface area contributed by atoms with Crippen LogP contribution in [0.5, 0.6) is 0 Å². The number of hydrogen-bond donors (Lipinski definition) is 1. The zero-order valence-corrected chi connectivity index (χ0v) is 15.8. The third kappa shape index (κ3) is 3.40. The Kier molecular flexibility index (Phi) is 5.13. The molecule has 0 saturated carbocycles. The molecule has 0 bridgehead atoms. The number of ether oxygens (including phenoxy) is 1. The second-order valence-electron chi connectivity index (χ2n) is 7.47. The maximum atomic E-state index is 13.0. The van der Waals surface area contributed by atoms with Gasteiger partial charge in [-0.2, -0.15) is 0 Å². The van der Waals surface area contributed by atoms with Crippen molar-refractivity contribution in [1.29, 1.82) is 0 Å². The van der Waals surface area contributed by atoms with Crippen LogP contribution in [0.25, 0.3) is 5.69 Å². The number of likely N-dealkylation sites (tertiary alicyclic amines) is 1. The first-order chi connectivity index (χ1) is 13.6. The molecule has 1 aromatic heterocycles. The number of hydrogen-bond acceptors (Lipinski definition) is 5. The number of carboxylic acid groups (broad SMARTS) is 1. The molecule has 1 amide bonds. The fourth-order valence-corrected chi connectivity index (χ4v) is 4.26. The predicted octanol–water partition coefficient (Wildman–Crippen LogP) is 1.92. The van der Waals surface area contributed by atoms with Crippen LogP contribution in [0, 0.1) is 18.8 Å². The summed E-state index contributed by atoms with van der Waals surface area (Å²) >= 11 is 0. The van der Waals surface area contributed by atoms with Gasteiger partial charge >= 0.3 is 5.97 Å². The second-order valence-corrected chi connectivity index (χ2v) is 7.47. The monoisotopic (exact) mass is 384 g/mol. The molecule has 0 radical (unpaired) electrons. The van der Waals surface area contributed by atoms with Crippen LogP contribution < -0.4 is 0 Å². The van der Waals surface area contributed by atoms with Crippen molar-refractivity contribution in [3.63, 3.8) is 0 Å². The van der Waals surface area contributed by atoms with E-state index in [4.69, 9.17) is 4.74 Å². The molecule has 8 heteroatoms. The second kappa shape index (κ2) is 7.71. The van der Waals surface area contributed by atoms with Crippen molar-refractivity contribution in [3.8, 4) is 5.69 Å². The van der Waals surface area contributed by atoms with Gasteiger partial charge in [-0.3, -0.25) is 9.59 Å². The lowest BCUT2D eigenvalue weighted by molar-refractivity contribution is -0.145. The highest BCUT2D eigenvalue weighted by molar-refractivity contribution is 5.93. The van der Waals surface area contributed by atoms with Crippen molar-refractivity contribution in [1.82, 2.24) is 19.9 Å². The Morgan fingerprint density at radius 1 is 1.14 bits per heavy atom.